The van der Waals surface area contributed by atoms with Gasteiger partial charge in [0, 0.05) is 57.1 Å². The van der Waals surface area contributed by atoms with Gasteiger partial charge in [0.05, 0.1) is 5.71 Å². The van der Waals surface area contributed by atoms with Gasteiger partial charge in [-0.25, -0.2) is 5.43 Å². The highest BCUT2D eigenvalue weighted by atomic mass is 16.4. The number of anilines is 1. The minimum absolute atomic E-state index is 0.273. The van der Waals surface area contributed by atoms with E-state index in [4.69, 9.17) is 4.42 Å². The van der Waals surface area contributed by atoms with Crippen LogP contribution in [0.25, 0.3) is 21.8 Å². The number of aryl methyl sites for hydroxylation is 2. The van der Waals surface area contributed by atoms with E-state index in [1.165, 1.54) is 5.52 Å². The normalized spacial score (nSPS) is 14.1. The molecular weight excluding hydrogens is 476 g/mol. The fourth-order valence-electron chi connectivity index (χ4n) is 5.43. The van der Waals surface area contributed by atoms with E-state index >= 15 is 0 Å². The molecule has 0 atom stereocenters. The Morgan fingerprint density at radius 2 is 1.68 bits per heavy atom. The Kier molecular flexibility index (Phi) is 6.04. The van der Waals surface area contributed by atoms with Crippen molar-refractivity contribution in [2.75, 3.05) is 5.32 Å². The Morgan fingerprint density at radius 1 is 0.921 bits per heavy atom. The molecule has 2 amide bonds. The molecule has 2 heterocycles. The number of hydrogen-bond donors (Lipinski definition) is 2. The van der Waals surface area contributed by atoms with Crippen LogP contribution in [0, 0.1) is 6.92 Å². The molecule has 5 aromatic rings. The van der Waals surface area contributed by atoms with Crippen LogP contribution in [0.2, 0.25) is 0 Å². The number of furan rings is 1. The van der Waals surface area contributed by atoms with Crippen LogP contribution >= 0.6 is 0 Å². The number of para-hydroxylation sites is 1. The Bertz CT molecular complexity index is 1730. The molecule has 6 rings (SSSR count). The van der Waals surface area contributed by atoms with Crippen molar-refractivity contribution in [3.63, 3.8) is 0 Å². The molecule has 2 aromatic heterocycles. The molecule has 0 spiro atoms. The van der Waals surface area contributed by atoms with Gasteiger partial charge in [0.1, 0.15) is 5.76 Å². The van der Waals surface area contributed by atoms with E-state index < -0.39 is 0 Å². The molecule has 0 unspecified atom stereocenters. The van der Waals surface area contributed by atoms with E-state index in [9.17, 15) is 9.59 Å². The van der Waals surface area contributed by atoms with Gasteiger partial charge in [-0.15, -0.1) is 0 Å². The molecule has 0 saturated carbocycles. The molecule has 7 nitrogen and oxygen atoms in total. The monoisotopic (exact) mass is 504 g/mol. The SMILES string of the molecule is CCn1c2ccccc2c2cc(NC(=O)c3oc4c(c3C)/C(=N/NC(=O)c3ccccc3)CCC4)ccc21. The van der Waals surface area contributed by atoms with Gasteiger partial charge in [-0.3, -0.25) is 9.59 Å². The number of nitrogens with zero attached hydrogens (tertiary/aromatic N) is 2. The smallest absolute Gasteiger partial charge is 0.291 e. The molecule has 0 bridgehead atoms. The van der Waals surface area contributed by atoms with Crippen LogP contribution in [0.3, 0.4) is 0 Å². The van der Waals surface area contributed by atoms with Crippen LogP contribution in [-0.2, 0) is 13.0 Å². The summed E-state index contributed by atoms with van der Waals surface area (Å²) < 4.78 is 8.34. The number of fused-ring (bicyclic) bond motifs is 4. The highest BCUT2D eigenvalue weighted by Gasteiger charge is 2.28. The average molecular weight is 505 g/mol. The maximum Gasteiger partial charge on any atom is 0.291 e. The summed E-state index contributed by atoms with van der Waals surface area (Å²) in [5.74, 6) is 0.426. The highest BCUT2D eigenvalue weighted by Crippen LogP contribution is 2.33. The summed E-state index contributed by atoms with van der Waals surface area (Å²) in [6, 6.07) is 23.3. The second kappa shape index (κ2) is 9.67. The third kappa shape index (κ3) is 4.06. The van der Waals surface area contributed by atoms with E-state index in [1.807, 2.05) is 49.4 Å². The van der Waals surface area contributed by atoms with Crippen LogP contribution in [-0.4, -0.2) is 22.1 Å². The zero-order valence-corrected chi connectivity index (χ0v) is 21.4. The summed E-state index contributed by atoms with van der Waals surface area (Å²) in [5.41, 5.74) is 8.49. The largest absolute Gasteiger partial charge is 0.455 e. The first-order valence-corrected chi connectivity index (χ1v) is 12.9. The Hall–Kier alpha value is -4.65. The molecule has 38 heavy (non-hydrogen) atoms. The van der Waals surface area contributed by atoms with Crippen molar-refractivity contribution in [1.82, 2.24) is 9.99 Å². The molecule has 2 N–H and O–H groups in total. The van der Waals surface area contributed by atoms with Gasteiger partial charge in [-0.05, 0) is 63.1 Å². The predicted octanol–water partition coefficient (Wildman–Crippen LogP) is 6.44. The van der Waals surface area contributed by atoms with Gasteiger partial charge in [0.2, 0.25) is 0 Å². The first kappa shape index (κ1) is 23.7. The lowest BCUT2D eigenvalue weighted by atomic mass is 9.93. The standard InChI is InChI=1S/C31H28N4O3/c1-3-35-25-14-8-7-12-22(25)23-18-21(16-17-26(23)35)32-31(37)29-19(2)28-24(13-9-15-27(28)38-29)33-34-30(36)20-10-5-4-6-11-20/h4-8,10-12,14,16-18H,3,9,13,15H2,1-2H3,(H,32,37)(H,34,36)/b33-24+. The van der Waals surface area contributed by atoms with Crippen LogP contribution in [0.1, 0.15) is 57.6 Å². The van der Waals surface area contributed by atoms with Crippen LogP contribution in [0.15, 0.2) is 82.3 Å². The number of hydrogen-bond acceptors (Lipinski definition) is 4. The second-order valence-corrected chi connectivity index (χ2v) is 9.52. The fraction of sp³-hybridized carbons (Fsp3) is 0.194. The number of hydrazone groups is 1. The van der Waals surface area contributed by atoms with Crippen LogP contribution < -0.4 is 10.7 Å². The Morgan fingerprint density at radius 3 is 2.50 bits per heavy atom. The van der Waals surface area contributed by atoms with Gasteiger partial charge >= 0.3 is 0 Å². The van der Waals surface area contributed by atoms with Crippen molar-refractivity contribution in [2.24, 2.45) is 5.10 Å². The molecule has 0 fully saturated rings. The Labute approximate surface area is 220 Å². The van der Waals surface area contributed by atoms with Crippen molar-refractivity contribution in [1.29, 1.82) is 0 Å². The number of carbonyl (C=O) groups excluding carboxylic acids is 2. The number of carbonyl (C=O) groups is 2. The van der Waals surface area contributed by atoms with Crippen molar-refractivity contribution in [3.05, 3.63) is 101 Å². The van der Waals surface area contributed by atoms with Crippen molar-refractivity contribution in [2.45, 2.75) is 39.7 Å². The minimum atomic E-state index is -0.303. The van der Waals surface area contributed by atoms with Crippen LogP contribution in [0.4, 0.5) is 5.69 Å². The lowest BCUT2D eigenvalue weighted by Crippen LogP contribution is -2.22. The van der Waals surface area contributed by atoms with E-state index in [1.54, 1.807) is 12.1 Å². The summed E-state index contributed by atoms with van der Waals surface area (Å²) >= 11 is 0. The molecule has 7 heteroatoms. The molecule has 1 aliphatic carbocycles. The topological polar surface area (TPSA) is 88.6 Å². The number of rotatable bonds is 5. The van der Waals surface area contributed by atoms with E-state index in [0.717, 1.165) is 58.3 Å². The maximum atomic E-state index is 13.4. The van der Waals surface area contributed by atoms with Crippen molar-refractivity contribution in [3.8, 4) is 0 Å². The minimum Gasteiger partial charge on any atom is -0.455 e. The van der Waals surface area contributed by atoms with Gasteiger partial charge in [-0.2, -0.15) is 5.10 Å². The van der Waals surface area contributed by atoms with Gasteiger partial charge < -0.3 is 14.3 Å². The maximum absolute atomic E-state index is 13.4. The first-order chi connectivity index (χ1) is 18.5. The number of benzene rings is 3. The zero-order valence-electron chi connectivity index (χ0n) is 21.4. The summed E-state index contributed by atoms with van der Waals surface area (Å²) in [5, 5.41) is 9.69. The second-order valence-electron chi connectivity index (χ2n) is 9.52. The van der Waals surface area contributed by atoms with Crippen molar-refractivity contribution < 1.29 is 14.0 Å². The van der Waals surface area contributed by atoms with Crippen LogP contribution in [0.5, 0.6) is 0 Å². The molecule has 190 valence electrons. The summed E-state index contributed by atoms with van der Waals surface area (Å²) in [7, 11) is 0. The van der Waals surface area contributed by atoms with Gasteiger partial charge in [0.15, 0.2) is 5.76 Å². The predicted molar refractivity (Wildman–Crippen MR) is 150 cm³/mol. The lowest BCUT2D eigenvalue weighted by Gasteiger charge is -2.13. The molecule has 3 aromatic carbocycles. The molecule has 0 radical (unpaired) electrons. The highest BCUT2D eigenvalue weighted by molar-refractivity contribution is 6.12. The summed E-state index contributed by atoms with van der Waals surface area (Å²) in [4.78, 5) is 25.8. The van der Waals surface area contributed by atoms with Gasteiger partial charge in [-0.1, -0.05) is 36.4 Å². The fourth-order valence-corrected chi connectivity index (χ4v) is 5.43. The molecular formula is C31H28N4O3. The van der Waals surface area contributed by atoms with E-state index in [0.29, 0.717) is 17.7 Å². The molecule has 1 aliphatic rings. The first-order valence-electron chi connectivity index (χ1n) is 12.9. The molecule has 0 saturated heterocycles. The number of amides is 2. The Balaban J connectivity index is 1.28. The third-order valence-corrected chi connectivity index (χ3v) is 7.21. The van der Waals surface area contributed by atoms with E-state index in [-0.39, 0.29) is 17.6 Å². The lowest BCUT2D eigenvalue weighted by molar-refractivity contribution is 0.0953. The van der Waals surface area contributed by atoms with E-state index in [2.05, 4.69) is 45.5 Å². The van der Waals surface area contributed by atoms with Crippen molar-refractivity contribution >= 4 is 45.0 Å². The van der Waals surface area contributed by atoms with Gasteiger partial charge in [0.25, 0.3) is 11.8 Å². The third-order valence-electron chi connectivity index (χ3n) is 7.21. The molecule has 0 aliphatic heterocycles. The average Bonchev–Trinajstić information content (AvgIpc) is 3.46. The quantitative estimate of drug-likeness (QED) is 0.270. The zero-order chi connectivity index (χ0) is 26.2. The number of aromatic nitrogens is 1. The summed E-state index contributed by atoms with van der Waals surface area (Å²) in [6.45, 7) is 4.87. The number of nitrogens with one attached hydrogen (secondary N) is 2. The summed E-state index contributed by atoms with van der Waals surface area (Å²) in [6.07, 6.45) is 2.25.